The van der Waals surface area contributed by atoms with Gasteiger partial charge in [-0.3, -0.25) is 0 Å². The fraction of sp³-hybridized carbons (Fsp3) is 0.200. The molecule has 0 saturated carbocycles. The third kappa shape index (κ3) is 3.13. The summed E-state index contributed by atoms with van der Waals surface area (Å²) in [6, 6.07) is 6.04. The predicted molar refractivity (Wildman–Crippen MR) is 88.6 cm³/mol. The second-order valence-corrected chi connectivity index (χ2v) is 5.77. The van der Waals surface area contributed by atoms with Crippen molar-refractivity contribution in [3.05, 3.63) is 40.5 Å². The second-order valence-electron chi connectivity index (χ2n) is 4.93. The number of benzene rings is 1. The zero-order valence-electron chi connectivity index (χ0n) is 12.7. The van der Waals surface area contributed by atoms with Crippen molar-refractivity contribution in [2.24, 2.45) is 0 Å². The maximum absolute atomic E-state index is 11.7. The van der Waals surface area contributed by atoms with Crippen molar-refractivity contribution >= 4 is 40.2 Å². The Bertz CT molecular complexity index is 913. The highest BCUT2D eigenvalue weighted by Crippen LogP contribution is 2.30. The van der Waals surface area contributed by atoms with Crippen molar-refractivity contribution in [3.63, 3.8) is 0 Å². The van der Waals surface area contributed by atoms with Crippen LogP contribution in [0.3, 0.4) is 0 Å². The quantitative estimate of drug-likeness (QED) is 0.655. The van der Waals surface area contributed by atoms with Crippen LogP contribution in [-0.2, 0) is 9.53 Å². The van der Waals surface area contributed by atoms with Gasteiger partial charge < -0.3 is 9.47 Å². The van der Waals surface area contributed by atoms with Gasteiger partial charge in [0.25, 0.3) is 0 Å². The molecule has 0 amide bonds. The largest absolute Gasteiger partial charge is 0.467 e. The fourth-order valence-electron chi connectivity index (χ4n) is 2.12. The van der Waals surface area contributed by atoms with E-state index >= 15 is 0 Å². The maximum Gasteiger partial charge on any atom is 0.330 e. The first-order valence-electron chi connectivity index (χ1n) is 6.91. The highest BCUT2D eigenvalue weighted by Gasteiger charge is 2.19. The van der Waals surface area contributed by atoms with E-state index in [2.05, 4.69) is 15.3 Å². The van der Waals surface area contributed by atoms with E-state index in [0.29, 0.717) is 21.8 Å². The van der Waals surface area contributed by atoms with Crippen LogP contribution in [0, 0.1) is 0 Å². The molecule has 24 heavy (non-hydrogen) atoms. The number of pyridine rings is 1. The molecule has 9 heteroatoms. The summed E-state index contributed by atoms with van der Waals surface area (Å²) in [6.45, 7) is 1.67. The average molecular weight is 367 g/mol. The van der Waals surface area contributed by atoms with Gasteiger partial charge in [-0.1, -0.05) is 28.4 Å². The van der Waals surface area contributed by atoms with E-state index in [1.54, 1.807) is 25.1 Å². The molecule has 0 bridgehead atoms. The van der Waals surface area contributed by atoms with Crippen molar-refractivity contribution < 1.29 is 14.3 Å². The summed E-state index contributed by atoms with van der Waals surface area (Å²) >= 11 is 11.9. The predicted octanol–water partition coefficient (Wildman–Crippen LogP) is 3.66. The molecule has 3 aromatic rings. The van der Waals surface area contributed by atoms with Crippen LogP contribution in [0.15, 0.2) is 30.5 Å². The van der Waals surface area contributed by atoms with E-state index in [9.17, 15) is 4.79 Å². The van der Waals surface area contributed by atoms with E-state index < -0.39 is 12.0 Å². The minimum Gasteiger partial charge on any atom is -0.467 e. The van der Waals surface area contributed by atoms with Crippen molar-refractivity contribution in [2.45, 2.75) is 13.0 Å². The minimum atomic E-state index is -0.618. The Morgan fingerprint density at radius 2 is 2.08 bits per heavy atom. The zero-order valence-corrected chi connectivity index (χ0v) is 14.2. The lowest BCUT2D eigenvalue weighted by molar-refractivity contribution is -0.144. The van der Waals surface area contributed by atoms with E-state index in [4.69, 9.17) is 32.7 Å². The summed E-state index contributed by atoms with van der Waals surface area (Å²) in [5, 5.41) is 8.72. The topological polar surface area (TPSA) is 79.1 Å². The van der Waals surface area contributed by atoms with E-state index in [-0.39, 0.29) is 10.9 Å². The highest BCUT2D eigenvalue weighted by atomic mass is 35.5. The van der Waals surface area contributed by atoms with Crippen molar-refractivity contribution in [1.82, 2.24) is 20.0 Å². The Labute approximate surface area is 147 Å². The number of esters is 1. The highest BCUT2D eigenvalue weighted by molar-refractivity contribution is 6.35. The molecular formula is C15H12Cl2N4O3. The van der Waals surface area contributed by atoms with Crippen LogP contribution in [0.5, 0.6) is 11.6 Å². The Morgan fingerprint density at radius 1 is 1.29 bits per heavy atom. The first-order valence-corrected chi connectivity index (χ1v) is 7.67. The number of carbonyl (C=O) groups is 1. The molecule has 2 aromatic heterocycles. The van der Waals surface area contributed by atoms with Crippen molar-refractivity contribution in [2.75, 3.05) is 7.11 Å². The number of halogens is 2. The maximum atomic E-state index is 11.7. The number of methoxy groups -OCH3 is 1. The van der Waals surface area contributed by atoms with Crippen LogP contribution in [-0.4, -0.2) is 33.1 Å². The molecular weight excluding hydrogens is 355 g/mol. The number of rotatable bonds is 4. The minimum absolute atomic E-state index is 0.223. The summed E-state index contributed by atoms with van der Waals surface area (Å²) in [6.07, 6.45) is 1.44. The van der Waals surface area contributed by atoms with Gasteiger partial charge in [-0.2, -0.15) is 0 Å². The molecule has 1 atom stereocenters. The molecule has 1 aromatic carbocycles. The van der Waals surface area contributed by atoms with Gasteiger partial charge in [0, 0.05) is 12.3 Å². The molecule has 124 valence electrons. The smallest absolute Gasteiger partial charge is 0.330 e. The number of hydrogen-bond donors (Lipinski definition) is 0. The van der Waals surface area contributed by atoms with Gasteiger partial charge in [0.05, 0.1) is 17.6 Å². The van der Waals surface area contributed by atoms with Gasteiger partial charge >= 0.3 is 5.97 Å². The zero-order chi connectivity index (χ0) is 17.3. The van der Waals surface area contributed by atoms with Gasteiger partial charge in [0.1, 0.15) is 22.3 Å². The third-order valence-corrected chi connectivity index (χ3v) is 3.82. The Hall–Kier alpha value is -2.38. The van der Waals surface area contributed by atoms with Gasteiger partial charge in [-0.15, -0.1) is 5.10 Å². The second kappa shape index (κ2) is 6.62. The lowest BCUT2D eigenvalue weighted by Gasteiger charge is -2.10. The molecule has 0 saturated heterocycles. The van der Waals surface area contributed by atoms with Crippen molar-refractivity contribution in [1.29, 1.82) is 0 Å². The number of nitrogens with zero attached hydrogens (tertiary/aromatic N) is 4. The molecule has 7 nitrogen and oxygen atoms in total. The van der Waals surface area contributed by atoms with Gasteiger partial charge in [0.2, 0.25) is 5.88 Å². The molecule has 1 unspecified atom stereocenters. The summed E-state index contributed by atoms with van der Waals surface area (Å²) in [5.74, 6) is 0.274. The van der Waals surface area contributed by atoms with Crippen LogP contribution < -0.4 is 4.74 Å². The molecule has 3 rings (SSSR count). The normalized spacial score (nSPS) is 12.2. The van der Waals surface area contributed by atoms with E-state index in [0.717, 1.165) is 0 Å². The molecule has 0 aliphatic carbocycles. The summed E-state index contributed by atoms with van der Waals surface area (Å²) in [7, 11) is 1.32. The third-order valence-electron chi connectivity index (χ3n) is 3.34. The lowest BCUT2D eigenvalue weighted by atomic mass is 10.2. The first kappa shape index (κ1) is 16.5. The van der Waals surface area contributed by atoms with Crippen LogP contribution in [0.4, 0.5) is 0 Å². The summed E-state index contributed by atoms with van der Waals surface area (Å²) in [4.78, 5) is 15.8. The molecule has 0 N–H and O–H groups in total. The van der Waals surface area contributed by atoms with Crippen LogP contribution in [0.25, 0.3) is 11.0 Å². The Kier molecular flexibility index (Phi) is 4.55. The van der Waals surface area contributed by atoms with E-state index in [1.165, 1.54) is 24.1 Å². The fourth-order valence-corrected chi connectivity index (χ4v) is 2.54. The molecule has 0 fully saturated rings. The van der Waals surface area contributed by atoms with E-state index in [1.807, 2.05) is 0 Å². The van der Waals surface area contributed by atoms with Crippen LogP contribution in [0.1, 0.15) is 13.0 Å². The number of aromatic nitrogens is 4. The number of carbonyl (C=O) groups excluding carboxylic acids is 1. The first-order chi connectivity index (χ1) is 11.5. The Morgan fingerprint density at radius 3 is 2.79 bits per heavy atom. The SMILES string of the molecule is COC(=O)C(C)n1nnc2ccc(Oc3ncc(Cl)cc3Cl)cc21. The number of hydrogen-bond acceptors (Lipinski definition) is 6. The van der Waals surface area contributed by atoms with Crippen LogP contribution >= 0.6 is 23.2 Å². The summed E-state index contributed by atoms with van der Waals surface area (Å²) in [5.41, 5.74) is 1.24. The Balaban J connectivity index is 1.97. The molecule has 0 radical (unpaired) electrons. The average Bonchev–Trinajstić information content (AvgIpc) is 2.99. The van der Waals surface area contributed by atoms with Gasteiger partial charge in [-0.05, 0) is 25.1 Å². The molecule has 0 aliphatic rings. The van der Waals surface area contributed by atoms with Crippen LogP contribution in [0.2, 0.25) is 10.0 Å². The number of fused-ring (bicyclic) bond motifs is 1. The number of ether oxygens (including phenoxy) is 2. The monoisotopic (exact) mass is 366 g/mol. The lowest BCUT2D eigenvalue weighted by Crippen LogP contribution is -2.18. The standard InChI is InChI=1S/C15H12Cl2N4O3/c1-8(15(22)23-2)21-13-6-10(3-4-12(13)19-20-21)24-14-11(17)5-9(16)7-18-14/h3-8H,1-2H3. The summed E-state index contributed by atoms with van der Waals surface area (Å²) < 4.78 is 11.9. The van der Waals surface area contributed by atoms with Crippen molar-refractivity contribution in [3.8, 4) is 11.6 Å². The van der Waals surface area contributed by atoms with Gasteiger partial charge in [0.15, 0.2) is 0 Å². The van der Waals surface area contributed by atoms with Gasteiger partial charge in [-0.25, -0.2) is 14.5 Å². The molecule has 0 aliphatic heterocycles. The molecule has 0 spiro atoms. The molecule has 2 heterocycles.